The van der Waals surface area contributed by atoms with E-state index in [2.05, 4.69) is 10.2 Å². The molecule has 2 fully saturated rings. The Morgan fingerprint density at radius 1 is 0.415 bits per heavy atom. The van der Waals surface area contributed by atoms with E-state index in [4.69, 9.17) is 43.9 Å². The summed E-state index contributed by atoms with van der Waals surface area (Å²) < 4.78 is 9.30. The van der Waals surface area contributed by atoms with Crippen molar-refractivity contribution >= 4 is 58.2 Å². The van der Waals surface area contributed by atoms with Crippen LogP contribution in [-0.2, 0) is 21.1 Å². The molecule has 4 aliphatic heterocycles. The normalized spacial score (nSPS) is 23.9. The number of piperidine rings is 2. The molecule has 10 rings (SSSR count). The third-order valence-electron chi connectivity index (χ3n) is 17.7. The molecular formula is C51H54N14O41. The zero-order chi connectivity index (χ0) is 80.7. The Bertz CT molecular complexity index is 4860. The average Bonchev–Trinajstić information content (AvgIpc) is 0.769. The van der Waals surface area contributed by atoms with Gasteiger partial charge in [-0.15, -0.1) is 0 Å². The number of ether oxygens (including phenoxy) is 2. The van der Waals surface area contributed by atoms with E-state index in [1.54, 1.807) is 0 Å². The van der Waals surface area contributed by atoms with Crippen LogP contribution < -0.4 is 63.5 Å². The average molecular weight is 1520 g/mol. The van der Waals surface area contributed by atoms with Crippen LogP contribution in [0.25, 0.3) is 11.4 Å². The molecule has 4 aliphatic rings. The minimum absolute atomic E-state index is 0.167. The molecule has 0 saturated carbocycles. The van der Waals surface area contributed by atoms with E-state index in [0.717, 1.165) is 7.11 Å². The van der Waals surface area contributed by atoms with Gasteiger partial charge < -0.3 is 201 Å². The second-order valence-corrected chi connectivity index (χ2v) is 23.6. The third kappa shape index (κ3) is 8.92. The molecule has 106 heavy (non-hydrogen) atoms. The summed E-state index contributed by atoms with van der Waals surface area (Å²) >= 11 is 0. The standard InChI is InChI=1S/C51H54N14O41/c1-105-34-30(79)26(75)16(27(76)31(34)80)64-10-6(8(58-64)36(52)83)43(56,89)49(99,100)61(38(10)85)13-20(69)18(67)12(19(68)21(13)70)60-5(66)4-42(55,88)41(54,48(60,57)98)2-3-106-35-32(81)28(77)17(29(78)33(35)82)65-11-7(9(59-65)37(53)84)44(90,91)50(101,102)62(39(11)86)14-22(71)24(73)15(25(74)23(14)72)63-40(87)45(92,93)46(94,95)47(96,97)51(63,103)104/h67-82,88-104H,2-4,54-57H2,1H3,(H2,52,83)(H2,53,84). The van der Waals surface area contributed by atoms with Gasteiger partial charge in [0.25, 0.3) is 41.1 Å². The number of nitrogens with zero attached hydrogens (tertiary/aromatic N) is 8. The predicted molar refractivity (Wildman–Crippen MR) is 316 cm³/mol. The number of anilines is 4. The molecule has 4 aromatic carbocycles. The lowest BCUT2D eigenvalue weighted by Crippen LogP contribution is -2.88. The van der Waals surface area contributed by atoms with Crippen LogP contribution >= 0.6 is 0 Å². The monoisotopic (exact) mass is 1520 g/mol. The van der Waals surface area contributed by atoms with Crippen LogP contribution in [-0.4, -0.2) is 289 Å². The number of amides is 6. The number of primary amides is 2. The lowest BCUT2D eigenvalue weighted by Gasteiger charge is -2.57. The number of methoxy groups -OCH3 is 1. The highest BCUT2D eigenvalue weighted by atomic mass is 16.7. The molecule has 574 valence electrons. The predicted octanol–water partition coefficient (Wildman–Crippen LogP) is -15.4. The molecule has 55 heteroatoms. The maximum atomic E-state index is 14.7. The summed E-state index contributed by atoms with van der Waals surface area (Å²) in [5.41, 5.74) is 1.29. The fourth-order valence-corrected chi connectivity index (χ4v) is 12.0. The number of hydrogen-bond acceptors (Lipinski definition) is 47. The summed E-state index contributed by atoms with van der Waals surface area (Å²) in [6.07, 6.45) is -3.27. The minimum atomic E-state index is -5.31. The van der Waals surface area contributed by atoms with Crippen molar-refractivity contribution in [2.24, 2.45) is 34.4 Å². The lowest BCUT2D eigenvalue weighted by molar-refractivity contribution is -0.505. The molecule has 0 radical (unpaired) electrons. The Morgan fingerprint density at radius 2 is 0.745 bits per heavy atom. The molecule has 4 unspecified atom stereocenters. The Kier molecular flexibility index (Phi) is 16.1. The minimum Gasteiger partial charge on any atom is -0.503 e. The van der Waals surface area contributed by atoms with Crippen LogP contribution in [0.5, 0.6) is 103 Å². The van der Waals surface area contributed by atoms with Crippen molar-refractivity contribution in [1.29, 1.82) is 0 Å². The molecular weight excluding hydrogens is 1460 g/mol. The van der Waals surface area contributed by atoms with Crippen molar-refractivity contribution in [1.82, 2.24) is 19.6 Å². The van der Waals surface area contributed by atoms with Gasteiger partial charge in [0, 0.05) is 6.42 Å². The number of nitrogens with two attached hydrogens (primary N) is 6. The van der Waals surface area contributed by atoms with Gasteiger partial charge in [-0.1, -0.05) is 0 Å². The van der Waals surface area contributed by atoms with Crippen molar-refractivity contribution in [2.45, 2.75) is 76.6 Å². The summed E-state index contributed by atoms with van der Waals surface area (Å²) in [6, 6.07) is 0. The van der Waals surface area contributed by atoms with Gasteiger partial charge in [-0.25, -0.2) is 24.1 Å². The molecule has 55 nitrogen and oxygen atoms in total. The highest BCUT2D eigenvalue weighted by Gasteiger charge is 2.82. The van der Waals surface area contributed by atoms with Crippen molar-refractivity contribution in [2.75, 3.05) is 33.3 Å². The van der Waals surface area contributed by atoms with Gasteiger partial charge in [0.05, 0.1) is 31.3 Å². The highest BCUT2D eigenvalue weighted by Crippen LogP contribution is 2.65. The van der Waals surface area contributed by atoms with E-state index >= 15 is 0 Å². The van der Waals surface area contributed by atoms with Gasteiger partial charge >= 0.3 is 29.3 Å². The maximum Gasteiger partial charge on any atom is 0.316 e. The van der Waals surface area contributed by atoms with Gasteiger partial charge in [0.1, 0.15) is 45.4 Å². The first kappa shape index (κ1) is 76.3. The van der Waals surface area contributed by atoms with Gasteiger partial charge in [-0.2, -0.15) is 10.2 Å². The number of carbonyl (C=O) groups excluding carboxylic acids is 6. The van der Waals surface area contributed by atoms with Crippen LogP contribution in [0.15, 0.2) is 0 Å². The first-order valence-corrected chi connectivity index (χ1v) is 27.9. The van der Waals surface area contributed by atoms with Crippen LogP contribution in [0.3, 0.4) is 0 Å². The molecule has 2 aromatic heterocycles. The number of aliphatic hydroxyl groups is 17. The van der Waals surface area contributed by atoms with E-state index in [1.807, 2.05) is 0 Å². The summed E-state index contributed by atoms with van der Waals surface area (Å²) in [4.78, 5) is 78.4. The summed E-state index contributed by atoms with van der Waals surface area (Å²) in [7, 11) is 0.782. The van der Waals surface area contributed by atoms with Crippen LogP contribution in [0.1, 0.15) is 65.9 Å². The molecule has 6 amide bonds. The lowest BCUT2D eigenvalue weighted by atomic mass is 9.73. The van der Waals surface area contributed by atoms with E-state index in [-0.39, 0.29) is 4.68 Å². The SMILES string of the molecule is COc1c(O)c(O)c(-n2nc(C(N)=O)c3c2C(=O)N(c2c(O)c(O)c(N4C(=O)CC(N)(O)C(N)(CCOc5c(O)c(O)c(-n6nc(C(N)=O)c7c6C(=O)N(c6c(O)c(O)c(N8C(=O)C(O)(O)C(O)(O)C(O)(O)C8(O)O)c(O)c6O)C(O)(O)C7(O)O)c(O)c5O)C4(N)O)c(O)c2O)C(O)(O)C3(N)O)c(O)c1O. The molecule has 0 aliphatic carbocycles. The first-order chi connectivity index (χ1) is 48.1. The molecule has 6 aromatic rings. The Hall–Kier alpha value is -12.3. The molecule has 4 atom stereocenters. The zero-order valence-electron chi connectivity index (χ0n) is 51.7. The van der Waals surface area contributed by atoms with E-state index in [1.165, 1.54) is 0 Å². The van der Waals surface area contributed by atoms with Crippen LogP contribution in [0.4, 0.5) is 22.7 Å². The number of fused-ring (bicyclic) bond motifs is 2. The third-order valence-corrected chi connectivity index (χ3v) is 17.7. The van der Waals surface area contributed by atoms with Crippen molar-refractivity contribution in [3.63, 3.8) is 0 Å². The summed E-state index contributed by atoms with van der Waals surface area (Å²) in [6.45, 7) is -1.54. The van der Waals surface area contributed by atoms with Crippen molar-refractivity contribution in [3.8, 4) is 115 Å². The number of benzene rings is 4. The molecule has 45 N–H and O–H groups in total. The van der Waals surface area contributed by atoms with Gasteiger partial charge in [0.15, 0.2) is 91.8 Å². The highest BCUT2D eigenvalue weighted by molar-refractivity contribution is 6.16. The zero-order valence-corrected chi connectivity index (χ0v) is 51.7. The topological polar surface area (TPSA) is 993 Å². The number of phenols is 16. The number of hydrogen-bond donors (Lipinski definition) is 39. The Balaban J connectivity index is 1.03. The van der Waals surface area contributed by atoms with Gasteiger partial charge in [0.2, 0.25) is 52.0 Å². The largest absolute Gasteiger partial charge is 0.503 e. The smallest absolute Gasteiger partial charge is 0.316 e. The fraction of sp³-hybridized carbons (Fsp3) is 0.294. The Morgan fingerprint density at radius 3 is 1.12 bits per heavy atom. The Labute approximate surface area is 576 Å². The molecule has 2 saturated heterocycles. The van der Waals surface area contributed by atoms with E-state index in [9.17, 15) is 197 Å². The van der Waals surface area contributed by atoms with Crippen LogP contribution in [0, 0.1) is 0 Å². The van der Waals surface area contributed by atoms with E-state index in [0.29, 0.717) is 0 Å². The number of rotatable bonds is 13. The van der Waals surface area contributed by atoms with Crippen molar-refractivity contribution < 1.29 is 207 Å². The van der Waals surface area contributed by atoms with Gasteiger partial charge in [-0.05, 0) is 0 Å². The summed E-state index contributed by atoms with van der Waals surface area (Å²) in [5.74, 6) is -89.5. The van der Waals surface area contributed by atoms with Crippen LogP contribution in [0.2, 0.25) is 0 Å². The number of aromatic hydroxyl groups is 16. The summed E-state index contributed by atoms with van der Waals surface area (Å²) in [5, 5.41) is 374. The second kappa shape index (κ2) is 22.4. The number of aromatic nitrogens is 4. The maximum absolute atomic E-state index is 14.7. The van der Waals surface area contributed by atoms with E-state index < -0.39 is 314 Å². The quantitative estimate of drug-likeness (QED) is 0.0290. The fourth-order valence-electron chi connectivity index (χ4n) is 12.0. The second-order valence-electron chi connectivity index (χ2n) is 23.6. The molecule has 6 heterocycles. The van der Waals surface area contributed by atoms with Gasteiger partial charge in [-0.3, -0.25) is 45.1 Å². The molecule has 0 bridgehead atoms. The van der Waals surface area contributed by atoms with Crippen molar-refractivity contribution in [3.05, 3.63) is 33.9 Å². The number of carbonyl (C=O) groups is 6. The molecule has 0 spiro atoms. The first-order valence-electron chi connectivity index (χ1n) is 27.9. The number of phenolic OH excluding ortho intramolecular Hbond substituents is 16.